The van der Waals surface area contributed by atoms with Crippen molar-refractivity contribution in [2.45, 2.75) is 31.6 Å². The van der Waals surface area contributed by atoms with Crippen molar-refractivity contribution >= 4 is 15.7 Å². The Balaban J connectivity index is 2.40. The zero-order chi connectivity index (χ0) is 14.9. The summed E-state index contributed by atoms with van der Waals surface area (Å²) in [5.74, 6) is 0.521. The van der Waals surface area contributed by atoms with Gasteiger partial charge in [-0.3, -0.25) is 10.1 Å². The molecule has 2 rings (SSSR count). The Labute approximate surface area is 118 Å². The van der Waals surface area contributed by atoms with Crippen LogP contribution in [-0.4, -0.2) is 30.7 Å². The lowest BCUT2D eigenvalue weighted by Crippen LogP contribution is -2.38. The van der Waals surface area contributed by atoms with Gasteiger partial charge in [0.05, 0.1) is 9.82 Å². The minimum atomic E-state index is -3.64. The van der Waals surface area contributed by atoms with Crippen LogP contribution in [0.2, 0.25) is 0 Å². The largest absolute Gasteiger partial charge is 0.273 e. The SMILES string of the molecule is Cc1c([N+](=O)[O-])cccc1S(=O)(=O)N1CCC(C)CC1. The minimum Gasteiger partial charge on any atom is -0.258 e. The minimum absolute atomic E-state index is 0.0428. The van der Waals surface area contributed by atoms with Gasteiger partial charge in [-0.1, -0.05) is 13.0 Å². The van der Waals surface area contributed by atoms with E-state index < -0.39 is 14.9 Å². The summed E-state index contributed by atoms with van der Waals surface area (Å²) in [6.45, 7) is 4.54. The Bertz CT molecular complexity index is 619. The molecule has 0 saturated carbocycles. The van der Waals surface area contributed by atoms with Gasteiger partial charge in [-0.15, -0.1) is 0 Å². The predicted octanol–water partition coefficient (Wildman–Crippen LogP) is 2.32. The van der Waals surface area contributed by atoms with Crippen LogP contribution in [0.25, 0.3) is 0 Å². The number of benzene rings is 1. The Morgan fingerprint density at radius 1 is 1.30 bits per heavy atom. The second-order valence-electron chi connectivity index (χ2n) is 5.24. The lowest BCUT2D eigenvalue weighted by Gasteiger charge is -2.29. The van der Waals surface area contributed by atoms with Crippen LogP contribution in [0.5, 0.6) is 0 Å². The molecule has 20 heavy (non-hydrogen) atoms. The molecule has 1 fully saturated rings. The van der Waals surface area contributed by atoms with Crippen molar-refractivity contribution in [1.82, 2.24) is 4.31 Å². The summed E-state index contributed by atoms with van der Waals surface area (Å²) < 4.78 is 26.6. The first-order valence-corrected chi connectivity index (χ1v) is 8.02. The maximum absolute atomic E-state index is 12.6. The van der Waals surface area contributed by atoms with Crippen LogP contribution in [0.15, 0.2) is 23.1 Å². The molecule has 0 unspecified atom stereocenters. The smallest absolute Gasteiger partial charge is 0.258 e. The van der Waals surface area contributed by atoms with Gasteiger partial charge in [0, 0.05) is 24.7 Å². The van der Waals surface area contributed by atoms with Crippen molar-refractivity contribution in [2.24, 2.45) is 5.92 Å². The molecule has 0 spiro atoms. The normalized spacial score (nSPS) is 18.1. The number of nitrogens with zero attached hydrogens (tertiary/aromatic N) is 2. The van der Waals surface area contributed by atoms with Crippen LogP contribution in [0.3, 0.4) is 0 Å². The molecule has 0 bridgehead atoms. The van der Waals surface area contributed by atoms with Crippen molar-refractivity contribution in [2.75, 3.05) is 13.1 Å². The molecule has 0 aromatic heterocycles. The quantitative estimate of drug-likeness (QED) is 0.633. The van der Waals surface area contributed by atoms with E-state index in [9.17, 15) is 18.5 Å². The molecule has 7 heteroatoms. The Kier molecular flexibility index (Phi) is 4.10. The average molecular weight is 298 g/mol. The molecule has 1 aromatic carbocycles. The maximum atomic E-state index is 12.6. The first kappa shape index (κ1) is 14.9. The third-order valence-electron chi connectivity index (χ3n) is 3.81. The van der Waals surface area contributed by atoms with E-state index in [1.165, 1.54) is 29.4 Å². The summed E-state index contributed by atoms with van der Waals surface area (Å²) in [7, 11) is -3.64. The van der Waals surface area contributed by atoms with Gasteiger partial charge in [-0.2, -0.15) is 4.31 Å². The van der Waals surface area contributed by atoms with Crippen molar-refractivity contribution in [3.05, 3.63) is 33.9 Å². The highest BCUT2D eigenvalue weighted by molar-refractivity contribution is 7.89. The number of nitro benzene ring substituents is 1. The highest BCUT2D eigenvalue weighted by Gasteiger charge is 2.31. The van der Waals surface area contributed by atoms with Gasteiger partial charge < -0.3 is 0 Å². The van der Waals surface area contributed by atoms with Crippen LogP contribution < -0.4 is 0 Å². The standard InChI is InChI=1S/C13H18N2O4S/c1-10-6-8-14(9-7-10)20(18,19)13-5-3-4-12(11(13)2)15(16)17/h3-5,10H,6-9H2,1-2H3. The van der Waals surface area contributed by atoms with Crippen LogP contribution in [0.1, 0.15) is 25.3 Å². The zero-order valence-corrected chi connectivity index (χ0v) is 12.4. The van der Waals surface area contributed by atoms with E-state index in [0.29, 0.717) is 19.0 Å². The summed E-state index contributed by atoms with van der Waals surface area (Å²) in [4.78, 5) is 10.4. The van der Waals surface area contributed by atoms with Crippen molar-refractivity contribution < 1.29 is 13.3 Å². The molecule has 0 N–H and O–H groups in total. The molecule has 1 saturated heterocycles. The van der Waals surface area contributed by atoms with E-state index in [2.05, 4.69) is 6.92 Å². The van der Waals surface area contributed by atoms with Crippen LogP contribution in [-0.2, 0) is 10.0 Å². The van der Waals surface area contributed by atoms with Crippen LogP contribution >= 0.6 is 0 Å². The van der Waals surface area contributed by atoms with Gasteiger partial charge in [-0.25, -0.2) is 8.42 Å². The van der Waals surface area contributed by atoms with Gasteiger partial charge in [0.1, 0.15) is 0 Å². The van der Waals surface area contributed by atoms with E-state index >= 15 is 0 Å². The molecule has 6 nitrogen and oxygen atoms in total. The van der Waals surface area contributed by atoms with Crippen molar-refractivity contribution in [1.29, 1.82) is 0 Å². The fourth-order valence-electron chi connectivity index (χ4n) is 2.44. The summed E-state index contributed by atoms with van der Waals surface area (Å²) in [6, 6.07) is 4.19. The second kappa shape index (κ2) is 5.49. The van der Waals surface area contributed by atoms with Crippen LogP contribution in [0, 0.1) is 23.0 Å². The van der Waals surface area contributed by atoms with Gasteiger partial charge in [0.25, 0.3) is 5.69 Å². The molecule has 1 aromatic rings. The third-order valence-corrected chi connectivity index (χ3v) is 5.86. The second-order valence-corrected chi connectivity index (χ2v) is 7.15. The van der Waals surface area contributed by atoms with E-state index in [-0.39, 0.29) is 16.1 Å². The first-order valence-electron chi connectivity index (χ1n) is 6.58. The molecular formula is C13H18N2O4S. The molecule has 0 amide bonds. The molecule has 110 valence electrons. The number of hydrogen-bond donors (Lipinski definition) is 0. The number of piperidine rings is 1. The van der Waals surface area contributed by atoms with E-state index in [0.717, 1.165) is 12.8 Å². The summed E-state index contributed by atoms with van der Waals surface area (Å²) in [6.07, 6.45) is 1.65. The lowest BCUT2D eigenvalue weighted by atomic mass is 10.0. The number of sulfonamides is 1. The molecule has 0 atom stereocenters. The fourth-order valence-corrected chi connectivity index (χ4v) is 4.16. The number of hydrogen-bond acceptors (Lipinski definition) is 4. The van der Waals surface area contributed by atoms with Gasteiger partial charge in [0.15, 0.2) is 0 Å². The fraction of sp³-hybridized carbons (Fsp3) is 0.538. The summed E-state index contributed by atoms with van der Waals surface area (Å²) in [5, 5.41) is 10.9. The first-order chi connectivity index (χ1) is 9.34. The number of nitro groups is 1. The predicted molar refractivity (Wildman–Crippen MR) is 75.0 cm³/mol. The highest BCUT2D eigenvalue weighted by Crippen LogP contribution is 2.29. The van der Waals surface area contributed by atoms with Crippen LogP contribution in [0.4, 0.5) is 5.69 Å². The van der Waals surface area contributed by atoms with Gasteiger partial charge in [0.2, 0.25) is 10.0 Å². The Morgan fingerprint density at radius 3 is 2.45 bits per heavy atom. The van der Waals surface area contributed by atoms with Gasteiger partial charge >= 0.3 is 0 Å². The van der Waals surface area contributed by atoms with Crippen molar-refractivity contribution in [3.63, 3.8) is 0 Å². The maximum Gasteiger partial charge on any atom is 0.273 e. The Hall–Kier alpha value is -1.47. The molecule has 0 radical (unpaired) electrons. The topological polar surface area (TPSA) is 80.5 Å². The van der Waals surface area contributed by atoms with Crippen molar-refractivity contribution in [3.8, 4) is 0 Å². The zero-order valence-electron chi connectivity index (χ0n) is 11.6. The lowest BCUT2D eigenvalue weighted by molar-refractivity contribution is -0.385. The summed E-state index contributed by atoms with van der Waals surface area (Å²) in [5.41, 5.74) is 0.0487. The average Bonchev–Trinajstić information content (AvgIpc) is 2.38. The molecule has 1 heterocycles. The van der Waals surface area contributed by atoms with E-state index in [1.807, 2.05) is 0 Å². The molecule has 1 aliphatic rings. The Morgan fingerprint density at radius 2 is 1.90 bits per heavy atom. The molecule has 1 aliphatic heterocycles. The van der Waals surface area contributed by atoms with E-state index in [1.54, 1.807) is 0 Å². The third kappa shape index (κ3) is 2.69. The summed E-state index contributed by atoms with van der Waals surface area (Å²) >= 11 is 0. The van der Waals surface area contributed by atoms with E-state index in [4.69, 9.17) is 0 Å². The van der Waals surface area contributed by atoms with Gasteiger partial charge in [-0.05, 0) is 31.7 Å². The molecular weight excluding hydrogens is 280 g/mol. The number of rotatable bonds is 3. The monoisotopic (exact) mass is 298 g/mol. The molecule has 0 aliphatic carbocycles. The highest BCUT2D eigenvalue weighted by atomic mass is 32.2.